The van der Waals surface area contributed by atoms with Crippen LogP contribution in [-0.2, 0) is 19.5 Å². The molecule has 0 heterocycles. The quantitative estimate of drug-likeness (QED) is 0.0751. The minimum atomic E-state index is -11.2. The van der Waals surface area contributed by atoms with Gasteiger partial charge in [-0.05, 0) is 49.4 Å². The van der Waals surface area contributed by atoms with Crippen LogP contribution >= 0.6 is 62.2 Å². The molecule has 4 rings (SSSR count). The number of alkyl halides is 4. The Labute approximate surface area is 281 Å². The molecule has 0 aliphatic heterocycles. The normalized spacial score (nSPS) is 12.1. The van der Waals surface area contributed by atoms with Gasteiger partial charge in [0, 0.05) is 19.5 Å². The first-order valence-electron chi connectivity index (χ1n) is 11.8. The molecule has 0 aliphatic rings. The van der Waals surface area contributed by atoms with E-state index in [0.29, 0.717) is 0 Å². The van der Waals surface area contributed by atoms with E-state index in [1.165, 1.54) is 33.5 Å². The van der Waals surface area contributed by atoms with E-state index >= 15 is 0 Å². The van der Waals surface area contributed by atoms with Gasteiger partial charge in [0.1, 0.15) is 0 Å². The van der Waals surface area contributed by atoms with E-state index in [1.807, 2.05) is 0 Å². The zero-order chi connectivity index (χ0) is 30.8. The third-order valence-electron chi connectivity index (χ3n) is 4.82. The van der Waals surface area contributed by atoms with Gasteiger partial charge in [0.05, 0.1) is 10.7 Å². The van der Waals surface area contributed by atoms with Crippen LogP contribution in [0.3, 0.4) is 0 Å². The zero-order valence-corrected chi connectivity index (χ0v) is 30.8. The molecule has 42 heavy (non-hydrogen) atoms. The molecule has 0 saturated heterocycles. The molecule has 0 unspecified atom stereocenters. The Hall–Kier alpha value is -0.0784. The molecule has 0 N–H and O–H groups in total. The molecule has 0 atom stereocenters. The van der Waals surface area contributed by atoms with Crippen molar-refractivity contribution < 1.29 is 36.4 Å². The van der Waals surface area contributed by atoms with Crippen LogP contribution in [-0.4, -0.2) is 42.5 Å². The minimum Gasteiger partial charge on any atom is -0.0622 e. The van der Waals surface area contributed by atoms with Crippen molar-refractivity contribution in [2.24, 2.45) is 0 Å². The predicted molar refractivity (Wildman–Crippen MR) is 173 cm³/mol. The van der Waals surface area contributed by atoms with Crippen molar-refractivity contribution >= 4 is 103 Å². The second-order valence-electron chi connectivity index (χ2n) is 7.81. The first kappa shape index (κ1) is 41.9. The van der Waals surface area contributed by atoms with Crippen LogP contribution in [0.1, 0.15) is 0 Å². The molecule has 4 aromatic rings. The summed E-state index contributed by atoms with van der Waals surface area (Å²) in [4.78, 5) is 0. The molecule has 14 heteroatoms. The molecule has 4 aromatic carbocycles. The number of benzene rings is 4. The van der Waals surface area contributed by atoms with E-state index in [0.717, 1.165) is 0 Å². The summed E-state index contributed by atoms with van der Waals surface area (Å²) < 4.78 is 59.6. The summed E-state index contributed by atoms with van der Waals surface area (Å²) in [5.74, 6) is 0. The summed E-state index contributed by atoms with van der Waals surface area (Å²) in [7, 11) is -0.696. The van der Waals surface area contributed by atoms with Crippen molar-refractivity contribution in [1.82, 2.24) is 0 Å². The Morgan fingerprint density at radius 3 is 0.690 bits per heavy atom. The molecule has 0 aliphatic carbocycles. The van der Waals surface area contributed by atoms with Gasteiger partial charge in [-0.15, -0.1) is 46.4 Å². The van der Waals surface area contributed by atoms with Crippen molar-refractivity contribution in [3.63, 3.8) is 0 Å². The topological polar surface area (TPSA) is 0 Å². The second kappa shape index (κ2) is 20.1. The van der Waals surface area contributed by atoms with E-state index < -0.39 is 19.5 Å². The average Bonchev–Trinajstić information content (AvgIpc) is 2.92. The number of halogens is 10. The maximum absolute atomic E-state index is 11.2. The molecule has 0 fully saturated rings. The zero-order valence-electron chi connectivity index (χ0n) is 21.8. The first-order valence-corrected chi connectivity index (χ1v) is 22.7. The summed E-state index contributed by atoms with van der Waals surface area (Å²) in [5, 5.41) is 6.28. The fourth-order valence-corrected chi connectivity index (χ4v) is 8.80. The summed E-state index contributed by atoms with van der Waals surface area (Å²) in [6.07, 6.45) is 2.41. The van der Waals surface area contributed by atoms with Crippen molar-refractivity contribution in [2.75, 3.05) is 23.0 Å². The second-order valence-corrected chi connectivity index (χ2v) is 19.6. The average molecular weight is 907 g/mol. The van der Waals surface area contributed by atoms with E-state index in [-0.39, 0.29) is 46.0 Å². The third kappa shape index (κ3) is 21.6. The van der Waals surface area contributed by atoms with E-state index in [9.17, 15) is 16.9 Å². The Morgan fingerprint density at radius 2 is 0.548 bits per heavy atom. The molecule has 0 amide bonds. The summed E-state index contributed by atoms with van der Waals surface area (Å²) in [5.41, 5.74) is 0. The van der Waals surface area contributed by atoms with Gasteiger partial charge in [-0.2, -0.15) is 0 Å². The molecule has 0 saturated carbocycles. The van der Waals surface area contributed by atoms with Gasteiger partial charge in [-0.1, -0.05) is 121 Å². The number of hydrogen-bond acceptors (Lipinski definition) is 0. The number of rotatable bonds is 7. The molecule has 1 radical (unpaired) electrons. The van der Waals surface area contributed by atoms with Crippen molar-refractivity contribution in [3.05, 3.63) is 121 Å². The largest absolute Gasteiger partial charge is 0.0622 e. The van der Waals surface area contributed by atoms with Crippen molar-refractivity contribution in [1.29, 1.82) is 0 Å². The van der Waals surface area contributed by atoms with Gasteiger partial charge < -0.3 is 0 Å². The van der Waals surface area contributed by atoms with Crippen molar-refractivity contribution in [3.8, 4) is 0 Å². The van der Waals surface area contributed by atoms with E-state index in [2.05, 4.69) is 121 Å². The minimum absolute atomic E-state index is 0. The van der Waals surface area contributed by atoms with Crippen LogP contribution in [0.25, 0.3) is 0 Å². The van der Waals surface area contributed by atoms with Crippen LogP contribution in [0, 0.1) is 0 Å². The van der Waals surface area contributed by atoms with Crippen LogP contribution in [0.4, 0.5) is 16.9 Å². The maximum Gasteiger partial charge on any atom is 0 e. The molecular weight excluding hydrogens is 879 g/mol. The number of hydrogen-bond donors (Lipinski definition) is 0. The summed E-state index contributed by atoms with van der Waals surface area (Å²) >= 11 is 7.81. The van der Waals surface area contributed by atoms with Gasteiger partial charge in [0.15, 0.2) is 0 Å². The molecular formula is C28H28Cl4F6P2RhSb-. The maximum atomic E-state index is 9.93. The molecule has 0 nitrogen and oxygen atoms in total. The molecule has 0 aromatic heterocycles. The fourth-order valence-electron chi connectivity index (χ4n) is 3.45. The third-order valence-corrected chi connectivity index (χ3v) is 10.2. The standard InChI is InChI=1S/C26H24P2.2CH2Cl2.6FH.Rh.Sb/c1-5-13-23(14-6-1)27(24-15-7-2-8-16-24)21-22-28(25-17-9-3-10-18-25)26-19-11-4-12-20-26;2*2-1-3;;;;;;;;/h1-20H,21-22H2;2*1H2;6*1H;;/q;;;;;;;;;;+5/p-6. The monoisotopic (exact) mass is 904 g/mol. The Kier molecular flexibility index (Phi) is 20.1. The summed E-state index contributed by atoms with van der Waals surface area (Å²) in [6, 6.07) is 44.2. The molecule has 0 bridgehead atoms. The molecule has 0 spiro atoms. The Balaban J connectivity index is 0.00000102. The first-order chi connectivity index (χ1) is 19.2. The van der Waals surface area contributed by atoms with Crippen LogP contribution in [0.15, 0.2) is 121 Å². The van der Waals surface area contributed by atoms with Crippen LogP contribution < -0.4 is 21.2 Å². The van der Waals surface area contributed by atoms with Gasteiger partial charge in [-0.3, -0.25) is 0 Å². The van der Waals surface area contributed by atoms with E-state index in [4.69, 9.17) is 46.4 Å². The van der Waals surface area contributed by atoms with Crippen LogP contribution in [0.2, 0.25) is 0 Å². The Bertz CT molecular complexity index is 1060. The van der Waals surface area contributed by atoms with Gasteiger partial charge in [-0.25, -0.2) is 0 Å². The van der Waals surface area contributed by atoms with E-state index in [1.54, 1.807) is 0 Å². The SMILES string of the molecule is ClCCl.ClCCl.[F][Sb-]([F])([F])([F])([F])[F].[Rh].c1ccc(P(CCP(c2ccccc2)c2ccccc2)c2ccccc2)cc1. The predicted octanol–water partition coefficient (Wildman–Crippen LogP) is 10.2. The van der Waals surface area contributed by atoms with Gasteiger partial charge in [0.2, 0.25) is 0 Å². The summed E-state index contributed by atoms with van der Waals surface area (Å²) in [6.45, 7) is 0. The Morgan fingerprint density at radius 1 is 0.405 bits per heavy atom. The van der Waals surface area contributed by atoms with Crippen molar-refractivity contribution in [2.45, 2.75) is 0 Å². The van der Waals surface area contributed by atoms with Crippen LogP contribution in [0.5, 0.6) is 0 Å². The van der Waals surface area contributed by atoms with Gasteiger partial charge >= 0.3 is 36.4 Å². The smallest absolute Gasteiger partial charge is 0 e. The van der Waals surface area contributed by atoms with Gasteiger partial charge in [0.25, 0.3) is 0 Å². The fraction of sp³-hybridized carbons (Fsp3) is 0.143. The molecule has 235 valence electrons.